The van der Waals surface area contributed by atoms with Gasteiger partial charge >= 0.3 is 0 Å². The highest BCUT2D eigenvalue weighted by Gasteiger charge is 2.30. The topological polar surface area (TPSA) is 20.2 Å². The molecule has 1 aromatic carbocycles. The van der Waals surface area contributed by atoms with Crippen molar-refractivity contribution in [1.82, 2.24) is 0 Å². The smallest absolute Gasteiger partial charge is 0.129 e. The van der Waals surface area contributed by atoms with Gasteiger partial charge in [-0.05, 0) is 42.7 Å². The Labute approximate surface area is 113 Å². The molecule has 0 aliphatic heterocycles. The van der Waals surface area contributed by atoms with E-state index in [4.69, 9.17) is 0 Å². The van der Waals surface area contributed by atoms with Crippen LogP contribution in [0.15, 0.2) is 18.2 Å². The molecule has 1 aliphatic carbocycles. The largest absolute Gasteiger partial charge is 0.392 e. The highest BCUT2D eigenvalue weighted by molar-refractivity contribution is 5.20. The zero-order valence-corrected chi connectivity index (χ0v) is 11.6. The first-order chi connectivity index (χ1) is 8.99. The Hall–Kier alpha value is -0.960. The number of halogens is 2. The van der Waals surface area contributed by atoms with Crippen LogP contribution in [0.3, 0.4) is 0 Å². The van der Waals surface area contributed by atoms with Crippen molar-refractivity contribution in [3.8, 4) is 0 Å². The van der Waals surface area contributed by atoms with Crippen LogP contribution in [-0.2, 0) is 6.42 Å². The fourth-order valence-corrected chi connectivity index (χ4v) is 3.04. The summed E-state index contributed by atoms with van der Waals surface area (Å²) in [6.45, 7) is 4.41. The van der Waals surface area contributed by atoms with Gasteiger partial charge in [0, 0.05) is 12.0 Å². The van der Waals surface area contributed by atoms with Gasteiger partial charge in [0.2, 0.25) is 0 Å². The van der Waals surface area contributed by atoms with Gasteiger partial charge in [0.25, 0.3) is 0 Å². The summed E-state index contributed by atoms with van der Waals surface area (Å²) in [5.41, 5.74) is 0.0151. The molecule has 4 atom stereocenters. The molecular weight excluding hydrogens is 246 g/mol. The second-order valence-corrected chi connectivity index (χ2v) is 6.00. The molecule has 1 saturated carbocycles. The number of hydrogen-bond acceptors (Lipinski definition) is 1. The second-order valence-electron chi connectivity index (χ2n) is 6.00. The predicted octanol–water partition coefficient (Wildman–Crippen LogP) is 3.94. The van der Waals surface area contributed by atoms with Crippen molar-refractivity contribution in [2.75, 3.05) is 0 Å². The van der Waals surface area contributed by atoms with E-state index in [1.54, 1.807) is 0 Å². The van der Waals surface area contributed by atoms with Crippen molar-refractivity contribution in [2.45, 2.75) is 45.6 Å². The maximum absolute atomic E-state index is 13.6. The SMILES string of the molecule is CC1CCC(C(O)Cc2c(F)cccc2F)CC1C. The summed E-state index contributed by atoms with van der Waals surface area (Å²) >= 11 is 0. The Morgan fingerprint density at radius 2 is 1.79 bits per heavy atom. The van der Waals surface area contributed by atoms with Crippen LogP contribution in [0, 0.1) is 29.4 Å². The molecule has 0 heterocycles. The normalized spacial score (nSPS) is 29.2. The fourth-order valence-electron chi connectivity index (χ4n) is 3.04. The zero-order chi connectivity index (χ0) is 14.0. The quantitative estimate of drug-likeness (QED) is 0.880. The van der Waals surface area contributed by atoms with Crippen molar-refractivity contribution < 1.29 is 13.9 Å². The van der Waals surface area contributed by atoms with E-state index in [0.717, 1.165) is 19.3 Å². The molecule has 106 valence electrons. The summed E-state index contributed by atoms with van der Waals surface area (Å²) in [5, 5.41) is 10.2. The van der Waals surface area contributed by atoms with Crippen molar-refractivity contribution in [2.24, 2.45) is 17.8 Å². The Bertz CT molecular complexity index is 413. The maximum Gasteiger partial charge on any atom is 0.129 e. The van der Waals surface area contributed by atoms with Gasteiger partial charge in [-0.1, -0.05) is 26.3 Å². The fraction of sp³-hybridized carbons (Fsp3) is 0.625. The van der Waals surface area contributed by atoms with Gasteiger partial charge in [-0.25, -0.2) is 8.78 Å². The van der Waals surface area contributed by atoms with Gasteiger partial charge < -0.3 is 5.11 Å². The number of hydrogen-bond donors (Lipinski definition) is 1. The average molecular weight is 268 g/mol. The lowest BCUT2D eigenvalue weighted by Crippen LogP contribution is -2.31. The van der Waals surface area contributed by atoms with Gasteiger partial charge in [0.15, 0.2) is 0 Å². The summed E-state index contributed by atoms with van der Waals surface area (Å²) < 4.78 is 27.1. The third kappa shape index (κ3) is 3.33. The van der Waals surface area contributed by atoms with Gasteiger partial charge in [-0.2, -0.15) is 0 Å². The number of aliphatic hydroxyl groups is 1. The Morgan fingerprint density at radius 3 is 2.37 bits per heavy atom. The number of aliphatic hydroxyl groups excluding tert-OH is 1. The van der Waals surface area contributed by atoms with Crippen LogP contribution in [-0.4, -0.2) is 11.2 Å². The van der Waals surface area contributed by atoms with E-state index in [-0.39, 0.29) is 17.9 Å². The van der Waals surface area contributed by atoms with Crippen LogP contribution in [0.5, 0.6) is 0 Å². The predicted molar refractivity (Wildman–Crippen MR) is 71.7 cm³/mol. The van der Waals surface area contributed by atoms with Crippen LogP contribution < -0.4 is 0 Å². The lowest BCUT2D eigenvalue weighted by Gasteiger charge is -2.34. The van der Waals surface area contributed by atoms with Gasteiger partial charge in [0.05, 0.1) is 6.10 Å². The molecule has 0 aromatic heterocycles. The van der Waals surface area contributed by atoms with E-state index in [2.05, 4.69) is 13.8 Å². The first-order valence-corrected chi connectivity index (χ1v) is 7.10. The molecular formula is C16H22F2O. The Kier molecular flexibility index (Phi) is 4.56. The van der Waals surface area contributed by atoms with Crippen molar-refractivity contribution in [3.05, 3.63) is 35.4 Å². The molecule has 1 aromatic rings. The summed E-state index contributed by atoms with van der Waals surface area (Å²) in [7, 11) is 0. The number of rotatable bonds is 3. The highest BCUT2D eigenvalue weighted by Crippen LogP contribution is 2.36. The minimum Gasteiger partial charge on any atom is -0.392 e. The molecule has 0 bridgehead atoms. The van der Waals surface area contributed by atoms with Crippen molar-refractivity contribution >= 4 is 0 Å². The summed E-state index contributed by atoms with van der Waals surface area (Å²) in [4.78, 5) is 0. The monoisotopic (exact) mass is 268 g/mol. The van der Waals surface area contributed by atoms with E-state index < -0.39 is 17.7 Å². The molecule has 0 amide bonds. The number of benzene rings is 1. The van der Waals surface area contributed by atoms with E-state index >= 15 is 0 Å². The van der Waals surface area contributed by atoms with E-state index in [0.29, 0.717) is 11.8 Å². The van der Waals surface area contributed by atoms with Crippen molar-refractivity contribution in [3.63, 3.8) is 0 Å². The molecule has 1 fully saturated rings. The summed E-state index contributed by atoms with van der Waals surface area (Å²) in [6.07, 6.45) is 2.40. The molecule has 0 radical (unpaired) electrons. The third-order valence-corrected chi connectivity index (χ3v) is 4.66. The standard InChI is InChI=1S/C16H22F2O/c1-10-6-7-12(8-11(10)2)16(19)9-13-14(17)4-3-5-15(13)18/h3-5,10-12,16,19H,6-9H2,1-2H3. The lowest BCUT2D eigenvalue weighted by atomic mass is 9.73. The molecule has 4 unspecified atom stereocenters. The van der Waals surface area contributed by atoms with Crippen molar-refractivity contribution in [1.29, 1.82) is 0 Å². The van der Waals surface area contributed by atoms with Crippen LogP contribution >= 0.6 is 0 Å². The lowest BCUT2D eigenvalue weighted by molar-refractivity contribution is 0.0558. The molecule has 1 N–H and O–H groups in total. The molecule has 1 aliphatic rings. The maximum atomic E-state index is 13.6. The van der Waals surface area contributed by atoms with Gasteiger partial charge in [-0.15, -0.1) is 0 Å². The van der Waals surface area contributed by atoms with Crippen LogP contribution in [0.1, 0.15) is 38.7 Å². The first-order valence-electron chi connectivity index (χ1n) is 7.10. The van der Waals surface area contributed by atoms with E-state index in [1.165, 1.54) is 18.2 Å². The van der Waals surface area contributed by atoms with Crippen LogP contribution in [0.2, 0.25) is 0 Å². The molecule has 2 rings (SSSR count). The molecule has 1 nitrogen and oxygen atoms in total. The van der Waals surface area contributed by atoms with Crippen LogP contribution in [0.25, 0.3) is 0 Å². The van der Waals surface area contributed by atoms with E-state index in [1.807, 2.05) is 0 Å². The Morgan fingerprint density at radius 1 is 1.16 bits per heavy atom. The molecule has 19 heavy (non-hydrogen) atoms. The minimum absolute atomic E-state index is 0.0151. The summed E-state index contributed by atoms with van der Waals surface area (Å²) in [6, 6.07) is 3.85. The first kappa shape index (κ1) is 14.4. The molecule has 0 spiro atoms. The van der Waals surface area contributed by atoms with Gasteiger partial charge in [0.1, 0.15) is 11.6 Å². The van der Waals surface area contributed by atoms with Crippen LogP contribution in [0.4, 0.5) is 8.78 Å². The Balaban J connectivity index is 2.03. The zero-order valence-electron chi connectivity index (χ0n) is 11.6. The minimum atomic E-state index is -0.652. The van der Waals surface area contributed by atoms with E-state index in [9.17, 15) is 13.9 Å². The average Bonchev–Trinajstić information content (AvgIpc) is 2.37. The second kappa shape index (κ2) is 6.00. The van der Waals surface area contributed by atoms with Gasteiger partial charge in [-0.3, -0.25) is 0 Å². The highest BCUT2D eigenvalue weighted by atomic mass is 19.1. The summed E-state index contributed by atoms with van der Waals surface area (Å²) in [5.74, 6) is 0.283. The molecule has 0 saturated heterocycles. The third-order valence-electron chi connectivity index (χ3n) is 4.66. The molecule has 3 heteroatoms.